The summed E-state index contributed by atoms with van der Waals surface area (Å²) < 4.78 is 28.5. The van der Waals surface area contributed by atoms with Crippen molar-refractivity contribution < 1.29 is 8.42 Å². The van der Waals surface area contributed by atoms with Gasteiger partial charge in [0.15, 0.2) is 0 Å². The molecule has 0 saturated carbocycles. The summed E-state index contributed by atoms with van der Waals surface area (Å²) in [5, 5.41) is 3.94. The van der Waals surface area contributed by atoms with Gasteiger partial charge < -0.3 is 4.98 Å². The Bertz CT molecular complexity index is 823. The topological polar surface area (TPSA) is 96.8 Å². The van der Waals surface area contributed by atoms with Gasteiger partial charge in [0, 0.05) is 13.2 Å². The van der Waals surface area contributed by atoms with Crippen molar-refractivity contribution in [3.05, 3.63) is 39.0 Å². The SMILES string of the molecule is Cc1nn(C)c(C)c1NS(=O)(=O)c1c[nH]c(=O)c(Cl)c1. The Morgan fingerprint density at radius 1 is 1.40 bits per heavy atom. The van der Waals surface area contributed by atoms with Crippen molar-refractivity contribution >= 4 is 27.3 Å². The van der Waals surface area contributed by atoms with E-state index in [4.69, 9.17) is 11.6 Å². The molecule has 0 fully saturated rings. The van der Waals surface area contributed by atoms with Crippen LogP contribution in [0.3, 0.4) is 0 Å². The average Bonchev–Trinajstić information content (AvgIpc) is 2.59. The normalized spacial score (nSPS) is 11.6. The molecule has 2 aromatic heterocycles. The highest BCUT2D eigenvalue weighted by atomic mass is 35.5. The number of hydrogen-bond donors (Lipinski definition) is 2. The van der Waals surface area contributed by atoms with Crippen LogP contribution in [0.5, 0.6) is 0 Å². The number of pyridine rings is 1. The zero-order valence-electron chi connectivity index (χ0n) is 11.1. The van der Waals surface area contributed by atoms with Crippen molar-refractivity contribution in [1.82, 2.24) is 14.8 Å². The minimum atomic E-state index is -3.84. The fourth-order valence-corrected chi connectivity index (χ4v) is 3.11. The van der Waals surface area contributed by atoms with Gasteiger partial charge in [-0.25, -0.2) is 8.42 Å². The van der Waals surface area contributed by atoms with Crippen LogP contribution in [0.25, 0.3) is 0 Å². The van der Waals surface area contributed by atoms with Gasteiger partial charge in [-0.15, -0.1) is 0 Å². The molecule has 0 aliphatic carbocycles. The third kappa shape index (κ3) is 2.56. The van der Waals surface area contributed by atoms with Crippen molar-refractivity contribution in [1.29, 1.82) is 0 Å². The molecule has 2 rings (SSSR count). The van der Waals surface area contributed by atoms with Crippen molar-refractivity contribution in [3.63, 3.8) is 0 Å². The molecule has 2 heterocycles. The number of halogens is 1. The number of aromatic amines is 1. The summed E-state index contributed by atoms with van der Waals surface area (Å²) in [4.78, 5) is 13.3. The van der Waals surface area contributed by atoms with E-state index in [9.17, 15) is 13.2 Å². The first-order chi connectivity index (χ1) is 9.22. The Morgan fingerprint density at radius 3 is 2.55 bits per heavy atom. The molecule has 0 saturated heterocycles. The fraction of sp³-hybridized carbons (Fsp3) is 0.273. The van der Waals surface area contributed by atoms with E-state index in [1.165, 1.54) is 0 Å². The zero-order chi connectivity index (χ0) is 15.1. The Kier molecular flexibility index (Phi) is 3.61. The third-order valence-corrected chi connectivity index (χ3v) is 4.50. The van der Waals surface area contributed by atoms with Crippen molar-refractivity contribution in [2.24, 2.45) is 7.05 Å². The second kappa shape index (κ2) is 4.95. The molecular weight excluding hydrogens is 304 g/mol. The molecular formula is C11H13ClN4O3S. The molecule has 9 heteroatoms. The van der Waals surface area contributed by atoms with Gasteiger partial charge in [0.05, 0.1) is 17.1 Å². The van der Waals surface area contributed by atoms with Crippen molar-refractivity contribution in [2.45, 2.75) is 18.7 Å². The maximum Gasteiger partial charge on any atom is 0.266 e. The van der Waals surface area contributed by atoms with Gasteiger partial charge in [0.1, 0.15) is 9.92 Å². The Labute approximate surface area is 120 Å². The Balaban J connectivity index is 2.46. The molecule has 0 aromatic carbocycles. The highest BCUT2D eigenvalue weighted by Gasteiger charge is 2.20. The number of aryl methyl sites for hydroxylation is 2. The number of rotatable bonds is 3. The molecule has 0 bridgehead atoms. The smallest absolute Gasteiger partial charge is 0.266 e. The number of sulfonamides is 1. The zero-order valence-corrected chi connectivity index (χ0v) is 12.6. The number of hydrogen-bond acceptors (Lipinski definition) is 4. The lowest BCUT2D eigenvalue weighted by Crippen LogP contribution is -2.16. The summed E-state index contributed by atoms with van der Waals surface area (Å²) in [5.74, 6) is 0. The van der Waals surface area contributed by atoms with Crippen LogP contribution in [0.15, 0.2) is 22.0 Å². The van der Waals surface area contributed by atoms with E-state index in [0.717, 1.165) is 12.3 Å². The average molecular weight is 317 g/mol. The minimum absolute atomic E-state index is 0.121. The molecule has 0 aliphatic rings. The van der Waals surface area contributed by atoms with Crippen LogP contribution in [-0.4, -0.2) is 23.2 Å². The number of nitrogens with zero attached hydrogens (tertiary/aromatic N) is 2. The van der Waals surface area contributed by atoms with Gasteiger partial charge in [0.25, 0.3) is 15.6 Å². The first-order valence-electron chi connectivity index (χ1n) is 5.63. The summed E-state index contributed by atoms with van der Waals surface area (Å²) in [6, 6.07) is 1.10. The molecule has 0 aliphatic heterocycles. The van der Waals surface area contributed by atoms with Crippen LogP contribution in [0, 0.1) is 13.8 Å². The predicted octanol–water partition coefficient (Wildman–Crippen LogP) is 1.18. The van der Waals surface area contributed by atoms with E-state index in [-0.39, 0.29) is 9.92 Å². The van der Waals surface area contributed by atoms with Crippen LogP contribution in [-0.2, 0) is 17.1 Å². The second-order valence-electron chi connectivity index (χ2n) is 4.29. The minimum Gasteiger partial charge on any atom is -0.326 e. The molecule has 0 atom stereocenters. The molecule has 0 radical (unpaired) electrons. The molecule has 0 amide bonds. The summed E-state index contributed by atoms with van der Waals surface area (Å²) in [6.45, 7) is 3.45. The van der Waals surface area contributed by atoms with E-state index in [0.29, 0.717) is 17.1 Å². The number of H-pyrrole nitrogens is 1. The summed E-state index contributed by atoms with van der Waals surface area (Å²) in [6.07, 6.45) is 1.09. The lowest BCUT2D eigenvalue weighted by Gasteiger charge is -2.08. The van der Waals surface area contributed by atoms with Crippen LogP contribution in [0.1, 0.15) is 11.4 Å². The fourth-order valence-electron chi connectivity index (χ4n) is 1.71. The van der Waals surface area contributed by atoms with Crippen molar-refractivity contribution in [3.8, 4) is 0 Å². The van der Waals surface area contributed by atoms with E-state index < -0.39 is 15.6 Å². The van der Waals surface area contributed by atoms with Gasteiger partial charge in [-0.1, -0.05) is 11.6 Å². The summed E-state index contributed by atoms with van der Waals surface area (Å²) >= 11 is 5.64. The molecule has 20 heavy (non-hydrogen) atoms. The van der Waals surface area contributed by atoms with E-state index in [1.54, 1.807) is 25.6 Å². The van der Waals surface area contributed by atoms with E-state index >= 15 is 0 Å². The van der Waals surface area contributed by atoms with Gasteiger partial charge in [-0.3, -0.25) is 14.2 Å². The Hall–Kier alpha value is -1.80. The van der Waals surface area contributed by atoms with Crippen LogP contribution >= 0.6 is 11.6 Å². The van der Waals surface area contributed by atoms with Gasteiger partial charge >= 0.3 is 0 Å². The lowest BCUT2D eigenvalue weighted by molar-refractivity contribution is 0.600. The molecule has 108 valence electrons. The van der Waals surface area contributed by atoms with E-state index in [1.807, 2.05) is 0 Å². The van der Waals surface area contributed by atoms with Gasteiger partial charge in [-0.2, -0.15) is 5.10 Å². The number of anilines is 1. The van der Waals surface area contributed by atoms with Crippen molar-refractivity contribution in [2.75, 3.05) is 4.72 Å². The Morgan fingerprint density at radius 2 is 2.05 bits per heavy atom. The van der Waals surface area contributed by atoms with Gasteiger partial charge in [-0.05, 0) is 19.9 Å². The molecule has 0 unspecified atom stereocenters. The second-order valence-corrected chi connectivity index (χ2v) is 6.38. The highest BCUT2D eigenvalue weighted by Crippen LogP contribution is 2.22. The first kappa shape index (κ1) is 14.6. The largest absolute Gasteiger partial charge is 0.326 e. The summed E-state index contributed by atoms with van der Waals surface area (Å²) in [7, 11) is -2.12. The maximum absolute atomic E-state index is 12.2. The standard InChI is InChI=1S/C11H13ClN4O3S/c1-6-10(7(2)16(3)14-6)15-20(18,19)8-4-9(12)11(17)13-5-8/h4-5,15H,1-3H3,(H,13,17). The monoisotopic (exact) mass is 316 g/mol. The number of nitrogens with one attached hydrogen (secondary N) is 2. The highest BCUT2D eigenvalue weighted by molar-refractivity contribution is 7.92. The summed E-state index contributed by atoms with van der Waals surface area (Å²) in [5.41, 5.74) is 1.11. The lowest BCUT2D eigenvalue weighted by atomic mass is 10.3. The van der Waals surface area contributed by atoms with Crippen LogP contribution < -0.4 is 10.3 Å². The molecule has 0 spiro atoms. The van der Waals surface area contributed by atoms with Crippen LogP contribution in [0.4, 0.5) is 5.69 Å². The quantitative estimate of drug-likeness (QED) is 0.888. The molecule has 2 aromatic rings. The number of aromatic nitrogens is 3. The maximum atomic E-state index is 12.2. The molecule has 7 nitrogen and oxygen atoms in total. The predicted molar refractivity (Wildman–Crippen MR) is 75.6 cm³/mol. The van der Waals surface area contributed by atoms with E-state index in [2.05, 4.69) is 14.8 Å². The van der Waals surface area contributed by atoms with Crippen LogP contribution in [0.2, 0.25) is 5.02 Å². The van der Waals surface area contributed by atoms with Gasteiger partial charge in [0.2, 0.25) is 0 Å². The molecule has 2 N–H and O–H groups in total. The third-order valence-electron chi connectivity index (χ3n) is 2.89. The first-order valence-corrected chi connectivity index (χ1v) is 7.49.